The van der Waals surface area contributed by atoms with E-state index in [4.69, 9.17) is 47.9 Å². The molecule has 0 unspecified atom stereocenters. The van der Waals surface area contributed by atoms with Crippen molar-refractivity contribution in [3.63, 3.8) is 0 Å². The van der Waals surface area contributed by atoms with Gasteiger partial charge in [-0.15, -0.1) is 5.10 Å². The predicted molar refractivity (Wildman–Crippen MR) is 490 cm³/mol. The predicted octanol–water partition coefficient (Wildman–Crippen LogP) is 14.0. The number of amides is 5. The molecule has 2 atom stereocenters. The second-order valence-electron chi connectivity index (χ2n) is 33.5. The highest BCUT2D eigenvalue weighted by atomic mass is 19.2. The van der Waals surface area contributed by atoms with Crippen LogP contribution in [0, 0.1) is 18.8 Å². The van der Waals surface area contributed by atoms with Gasteiger partial charge in [0.2, 0.25) is 0 Å². The van der Waals surface area contributed by atoms with E-state index in [0.29, 0.717) is 140 Å². The molecule has 0 radical (unpaired) electrons. The molecule has 15 aromatic rings. The summed E-state index contributed by atoms with van der Waals surface area (Å²) in [5, 5.41) is 15.4. The minimum Gasteiger partial charge on any atom is -0.338 e. The van der Waals surface area contributed by atoms with Gasteiger partial charge in [0, 0.05) is 142 Å². The Morgan fingerprint density at radius 1 is 0.336 bits per heavy atom. The molecule has 0 saturated carbocycles. The molecule has 5 aromatic carbocycles. The monoisotopic (exact) mass is 1860 g/mol. The second kappa shape index (κ2) is 47.6. The molecule has 34 nitrogen and oxygen atoms in total. The summed E-state index contributed by atoms with van der Waals surface area (Å²) in [6, 6.07) is 62.6. The third-order valence-corrected chi connectivity index (χ3v) is 23.4. The summed E-state index contributed by atoms with van der Waals surface area (Å²) in [5.41, 5.74) is 9.22. The zero-order chi connectivity index (χ0) is 98.4. The lowest BCUT2D eigenvalue weighted by Crippen LogP contribution is -2.43. The van der Waals surface area contributed by atoms with Gasteiger partial charge in [-0.1, -0.05) is 110 Å². The molecule has 5 amide bonds. The van der Waals surface area contributed by atoms with E-state index in [9.17, 15) is 37.1 Å². The van der Waals surface area contributed by atoms with Crippen LogP contribution in [0.2, 0.25) is 0 Å². The molecule has 0 bridgehead atoms. The topological polar surface area (TPSA) is 413 Å². The van der Waals surface area contributed by atoms with Gasteiger partial charge in [-0.05, 0) is 194 Å². The van der Waals surface area contributed by atoms with Crippen molar-refractivity contribution in [3.05, 3.63) is 277 Å². The van der Waals surface area contributed by atoms with Crippen LogP contribution in [0.1, 0.15) is 144 Å². The SMILES string of the molecule is CC1(F)CCN(C(=O)c2cnc3c(c2)nnn3-c2ccccc2)CC1.CC1(F)CCN(C(=O)c2cnc3c(cnn3-c3ccccc3)c2)CC1.C[C@@H]1CCN(C(=O)c2cnc3c(ccn3-c3ccccc3)c2)C1.C[C@@H]1CCN(C(=O)c2cnc3c(ccn3-c3ccccc3)c2)C1.Cc1nc2cc(C(=O)N3CCC(C)(F)CC3)cnc2n1-c1ccccc1.O=C=O.O=C=O.O=C=O.O=C=O.O=C=O. The van der Waals surface area contributed by atoms with E-state index in [1.54, 1.807) is 94.0 Å². The number of likely N-dealkylation sites (tertiary alicyclic amines) is 5. The Kier molecular flexibility index (Phi) is 35.0. The number of aromatic nitrogens is 14. The number of halogens is 3. The summed E-state index contributed by atoms with van der Waals surface area (Å²) < 4.78 is 51.2. The maximum Gasteiger partial charge on any atom is 0.373 e. The number of piperidine rings is 3. The molecule has 5 saturated heterocycles. The van der Waals surface area contributed by atoms with E-state index in [0.717, 1.165) is 106 Å². The van der Waals surface area contributed by atoms with Crippen LogP contribution >= 0.6 is 0 Å². The Morgan fingerprint density at radius 3 is 0.993 bits per heavy atom. The van der Waals surface area contributed by atoms with Crippen LogP contribution in [0.15, 0.2) is 244 Å². The lowest BCUT2D eigenvalue weighted by molar-refractivity contribution is -0.193. The van der Waals surface area contributed by atoms with E-state index in [2.05, 4.69) is 59.2 Å². The average molecular weight is 1860 g/mol. The molecule has 5 aliphatic heterocycles. The van der Waals surface area contributed by atoms with E-state index in [1.165, 1.54) is 6.20 Å². The molecule has 20 rings (SSSR count). The number of para-hydroxylation sites is 5. The Morgan fingerprint density at radius 2 is 0.635 bits per heavy atom. The molecule has 5 fully saturated rings. The van der Waals surface area contributed by atoms with Crippen molar-refractivity contribution in [1.82, 2.24) is 92.9 Å². The third-order valence-electron chi connectivity index (χ3n) is 23.4. The van der Waals surface area contributed by atoms with Gasteiger partial charge < -0.3 is 33.6 Å². The van der Waals surface area contributed by atoms with Crippen LogP contribution in [0.25, 0.3) is 83.9 Å². The molecule has 0 aliphatic carbocycles. The number of benzene rings is 5. The summed E-state index contributed by atoms with van der Waals surface area (Å²) >= 11 is 0. The van der Waals surface area contributed by atoms with Crippen LogP contribution in [0.3, 0.4) is 0 Å². The highest BCUT2D eigenvalue weighted by Gasteiger charge is 2.36. The van der Waals surface area contributed by atoms with Crippen LogP contribution < -0.4 is 0 Å². The summed E-state index contributed by atoms with van der Waals surface area (Å²) in [6.45, 7) is 17.1. The maximum atomic E-state index is 14.0. The minimum atomic E-state index is -1.18. The largest absolute Gasteiger partial charge is 0.373 e. The highest BCUT2D eigenvalue weighted by Crippen LogP contribution is 2.33. The van der Waals surface area contributed by atoms with Gasteiger partial charge in [0.05, 0.1) is 45.4 Å². The zero-order valence-corrected chi connectivity index (χ0v) is 75.7. The summed E-state index contributed by atoms with van der Waals surface area (Å²) in [5.74, 6) is 1.84. The standard InChI is InChI=1S/C20H21FN4O.C19H19FN4O.2C19H19N3O.C18H18FN5O.5CO2/c1-14-23-17-12-15(19(26)24-10-8-20(2,21)9-11-24)13-22-18(17)25(14)16-6-4-3-5-7-16;1-19(20)7-9-23(10-8-19)18(25)15-11-14-13-22-24(17(14)21-12-15)16-5-3-2-4-6-16;2*1-14-7-9-21(13-14)19(23)16-11-15-8-10-22(18(15)20-12-16)17-5-3-2-4-6-17;1-18(19)7-9-23(10-8-18)17(25)13-11-15-16(20-12-13)24(22-21-15)14-5-3-2-4-6-14;5*2-1-3/h3-7,12-13H,8-11H2,1-2H3;2-6,11-13H,7-10H2,1H3;2*2-6,8,10-12,14H,7,9,13H2,1H3;2-6,11-12H,7-10H2,1H3;;;;;/t;;2*14-;;;;;;/m..11....../s1. The quantitative estimate of drug-likeness (QED) is 0.123. The van der Waals surface area contributed by atoms with Gasteiger partial charge in [-0.3, -0.25) is 28.5 Å². The van der Waals surface area contributed by atoms with E-state index < -0.39 is 17.0 Å². The Labute approximate surface area is 782 Å². The summed E-state index contributed by atoms with van der Waals surface area (Å²) in [7, 11) is 0. The molecular weight excluding hydrogens is 1760 g/mol. The lowest BCUT2D eigenvalue weighted by atomic mass is 9.95. The van der Waals surface area contributed by atoms with Crippen molar-refractivity contribution in [3.8, 4) is 28.4 Å². The van der Waals surface area contributed by atoms with Crippen molar-refractivity contribution >= 4 is 116 Å². The normalized spacial score (nSPS) is 15.6. The van der Waals surface area contributed by atoms with Crippen LogP contribution in [-0.2, 0) is 47.9 Å². The van der Waals surface area contributed by atoms with Crippen molar-refractivity contribution in [2.45, 2.75) is 110 Å². The van der Waals surface area contributed by atoms with Gasteiger partial charge in [0.15, 0.2) is 16.9 Å². The molecular formula is C100H96F3N19O15. The number of hydrogen-bond donors (Lipinski definition) is 0. The lowest BCUT2D eigenvalue weighted by Gasteiger charge is -2.34. The first-order chi connectivity index (χ1) is 66.0. The molecule has 702 valence electrons. The van der Waals surface area contributed by atoms with Crippen molar-refractivity contribution in [1.29, 1.82) is 0 Å². The van der Waals surface area contributed by atoms with Crippen LogP contribution in [0.5, 0.6) is 0 Å². The number of rotatable bonds is 10. The van der Waals surface area contributed by atoms with Gasteiger partial charge in [0.1, 0.15) is 45.2 Å². The number of nitrogens with zero attached hydrogens (tertiary/aromatic N) is 19. The number of carbonyl (C=O) groups excluding carboxylic acids is 15. The van der Waals surface area contributed by atoms with Gasteiger partial charge in [-0.2, -0.15) is 57.7 Å². The van der Waals surface area contributed by atoms with Crippen LogP contribution in [0.4, 0.5) is 13.2 Å². The summed E-state index contributed by atoms with van der Waals surface area (Å²) in [4.78, 5) is 180. The molecule has 5 aliphatic rings. The fourth-order valence-electron chi connectivity index (χ4n) is 16.1. The molecule has 0 spiro atoms. The fraction of sp³-hybridized carbons (Fsp3) is 0.290. The maximum absolute atomic E-state index is 14.0. The van der Waals surface area contributed by atoms with Crippen molar-refractivity contribution < 1.29 is 85.1 Å². The Balaban J connectivity index is 0.000000158. The zero-order valence-electron chi connectivity index (χ0n) is 75.7. The molecule has 15 heterocycles. The first-order valence-electron chi connectivity index (χ1n) is 43.6. The molecule has 37 heteroatoms. The van der Waals surface area contributed by atoms with Gasteiger partial charge in [0.25, 0.3) is 29.5 Å². The van der Waals surface area contributed by atoms with Crippen molar-refractivity contribution in [2.24, 2.45) is 11.8 Å². The number of aryl methyl sites for hydroxylation is 1. The van der Waals surface area contributed by atoms with Crippen molar-refractivity contribution in [2.75, 3.05) is 65.4 Å². The molecule has 137 heavy (non-hydrogen) atoms. The molecule has 0 N–H and O–H groups in total. The van der Waals surface area contributed by atoms with Crippen LogP contribution in [-0.4, -0.2) is 236 Å². The fourth-order valence-corrected chi connectivity index (χ4v) is 16.1. The van der Waals surface area contributed by atoms with Gasteiger partial charge >= 0.3 is 30.8 Å². The number of pyridine rings is 5. The average Bonchev–Trinajstić information content (AvgIpc) is 1.62. The molecule has 10 aromatic heterocycles. The smallest absolute Gasteiger partial charge is 0.338 e. The Bertz CT molecular complexity index is 6470. The Hall–Kier alpha value is -16.7. The first-order valence-corrected chi connectivity index (χ1v) is 43.6. The second-order valence-corrected chi connectivity index (χ2v) is 33.5. The number of carbonyl (C=O) groups is 5. The van der Waals surface area contributed by atoms with E-state index in [-0.39, 0.29) is 60.3 Å². The number of alkyl halides is 3. The minimum absolute atomic E-state index is 0.0937. The number of fused-ring (bicyclic) bond motifs is 5. The third kappa shape index (κ3) is 26.2. The number of imidazole rings is 1. The first kappa shape index (κ1) is 101. The van der Waals surface area contributed by atoms with E-state index in [1.807, 2.05) is 219 Å². The highest BCUT2D eigenvalue weighted by molar-refractivity contribution is 6.00. The number of hydrogen-bond acceptors (Lipinski definition) is 24. The van der Waals surface area contributed by atoms with E-state index >= 15 is 0 Å². The summed E-state index contributed by atoms with van der Waals surface area (Å²) in [6.07, 6.45) is 19.5. The van der Waals surface area contributed by atoms with Gasteiger partial charge in [-0.25, -0.2) is 47.8 Å².